The monoisotopic (exact) mass is 463 g/mol. The fourth-order valence-electron chi connectivity index (χ4n) is 3.30. The van der Waals surface area contributed by atoms with Crippen molar-refractivity contribution in [3.05, 3.63) is 117 Å². The molecule has 0 radical (unpaired) electrons. The van der Waals surface area contributed by atoms with Crippen LogP contribution in [0.4, 0.5) is 5.69 Å². The van der Waals surface area contributed by atoms with Gasteiger partial charge in [0.2, 0.25) is 0 Å². The van der Waals surface area contributed by atoms with Gasteiger partial charge in [-0.1, -0.05) is 77.3 Å². The van der Waals surface area contributed by atoms with Crippen molar-refractivity contribution in [2.75, 3.05) is 5.32 Å². The number of aromatic nitrogens is 2. The van der Waals surface area contributed by atoms with Gasteiger partial charge < -0.3 is 5.32 Å². The Morgan fingerprint density at radius 3 is 2.25 bits per heavy atom. The topological polar surface area (TPSA) is 64.0 Å². The summed E-state index contributed by atoms with van der Waals surface area (Å²) in [6, 6.07) is 19.3. The third-order valence-electron chi connectivity index (χ3n) is 5.00. The Hall–Kier alpha value is -3.41. The molecule has 32 heavy (non-hydrogen) atoms. The summed E-state index contributed by atoms with van der Waals surface area (Å²) >= 11 is 12.5. The molecule has 0 aliphatic carbocycles. The molecule has 1 N–H and O–H groups in total. The van der Waals surface area contributed by atoms with Crippen LogP contribution in [0.1, 0.15) is 37.4 Å². The second-order valence-corrected chi connectivity index (χ2v) is 8.14. The number of aryl methyl sites for hydroxylation is 1. The molecule has 3 aromatic carbocycles. The van der Waals surface area contributed by atoms with Gasteiger partial charge in [0.1, 0.15) is 0 Å². The molecule has 0 aliphatic heterocycles. The van der Waals surface area contributed by atoms with Gasteiger partial charge in [-0.3, -0.25) is 14.3 Å². The van der Waals surface area contributed by atoms with E-state index < -0.39 is 5.91 Å². The first-order chi connectivity index (χ1) is 15.4. The molecule has 0 saturated carbocycles. The van der Waals surface area contributed by atoms with E-state index in [9.17, 15) is 9.59 Å². The van der Waals surface area contributed by atoms with Crippen molar-refractivity contribution < 1.29 is 9.59 Å². The van der Waals surface area contributed by atoms with E-state index in [0.717, 1.165) is 11.1 Å². The van der Waals surface area contributed by atoms with Crippen LogP contribution in [0.15, 0.2) is 79.1 Å². The quantitative estimate of drug-likeness (QED) is 0.355. The lowest BCUT2D eigenvalue weighted by Crippen LogP contribution is -2.16. The van der Waals surface area contributed by atoms with Crippen LogP contribution in [-0.2, 0) is 6.54 Å². The third kappa shape index (κ3) is 4.74. The Morgan fingerprint density at radius 2 is 1.56 bits per heavy atom. The molecule has 160 valence electrons. The lowest BCUT2D eigenvalue weighted by molar-refractivity contribution is 0.0996. The predicted octanol–water partition coefficient (Wildman–Crippen LogP) is 6.03. The van der Waals surface area contributed by atoms with Crippen molar-refractivity contribution in [3.63, 3.8) is 0 Å². The van der Waals surface area contributed by atoms with Crippen molar-refractivity contribution in [3.8, 4) is 0 Å². The van der Waals surface area contributed by atoms with Crippen molar-refractivity contribution in [1.82, 2.24) is 9.78 Å². The number of hydrogen-bond donors (Lipinski definition) is 1. The molecule has 4 aromatic rings. The van der Waals surface area contributed by atoms with Crippen LogP contribution >= 0.6 is 23.2 Å². The summed E-state index contributed by atoms with van der Waals surface area (Å²) in [7, 11) is 0. The van der Waals surface area contributed by atoms with Crippen molar-refractivity contribution in [1.29, 1.82) is 0 Å². The molecule has 1 heterocycles. The van der Waals surface area contributed by atoms with Gasteiger partial charge in [-0.05, 0) is 25.1 Å². The largest absolute Gasteiger partial charge is 0.319 e. The highest BCUT2D eigenvalue weighted by Crippen LogP contribution is 2.25. The molecule has 1 amide bonds. The minimum Gasteiger partial charge on any atom is -0.319 e. The molecule has 0 unspecified atom stereocenters. The van der Waals surface area contributed by atoms with Crippen LogP contribution in [-0.4, -0.2) is 21.5 Å². The highest BCUT2D eigenvalue weighted by atomic mass is 35.5. The zero-order valence-electron chi connectivity index (χ0n) is 17.2. The van der Waals surface area contributed by atoms with E-state index in [0.29, 0.717) is 39.0 Å². The fraction of sp³-hybridized carbons (Fsp3) is 0.0800. The molecular weight excluding hydrogens is 445 g/mol. The van der Waals surface area contributed by atoms with Crippen LogP contribution in [0.2, 0.25) is 10.0 Å². The first-order valence-corrected chi connectivity index (χ1v) is 10.6. The molecule has 0 fully saturated rings. The summed E-state index contributed by atoms with van der Waals surface area (Å²) in [4.78, 5) is 25.9. The maximum absolute atomic E-state index is 13.0. The van der Waals surface area contributed by atoms with E-state index in [1.165, 1.54) is 6.20 Å². The molecule has 0 aliphatic rings. The lowest BCUT2D eigenvalue weighted by atomic mass is 9.97. The van der Waals surface area contributed by atoms with Gasteiger partial charge in [-0.25, -0.2) is 0 Å². The van der Waals surface area contributed by atoms with Crippen LogP contribution in [0.25, 0.3) is 0 Å². The normalized spacial score (nSPS) is 10.7. The van der Waals surface area contributed by atoms with Crippen molar-refractivity contribution in [2.45, 2.75) is 13.5 Å². The second kappa shape index (κ2) is 9.39. The zero-order valence-corrected chi connectivity index (χ0v) is 18.7. The van der Waals surface area contributed by atoms with Crippen LogP contribution in [0, 0.1) is 6.92 Å². The summed E-state index contributed by atoms with van der Waals surface area (Å²) in [5.41, 5.74) is 3.45. The number of benzene rings is 3. The van der Waals surface area contributed by atoms with Gasteiger partial charge in [0.05, 0.1) is 24.0 Å². The number of rotatable bonds is 6. The summed E-state index contributed by atoms with van der Waals surface area (Å²) in [6.45, 7) is 2.31. The number of ketones is 1. The maximum atomic E-state index is 13.0. The maximum Gasteiger partial charge on any atom is 0.256 e. The van der Waals surface area contributed by atoms with Crippen molar-refractivity contribution >= 4 is 40.6 Å². The number of nitrogens with zero attached hydrogens (tertiary/aromatic N) is 2. The smallest absolute Gasteiger partial charge is 0.256 e. The molecule has 7 heteroatoms. The predicted molar refractivity (Wildman–Crippen MR) is 127 cm³/mol. The number of nitrogens with one attached hydrogen (secondary N) is 1. The van der Waals surface area contributed by atoms with E-state index in [-0.39, 0.29) is 5.78 Å². The Kier molecular flexibility index (Phi) is 6.40. The van der Waals surface area contributed by atoms with Gasteiger partial charge in [0.15, 0.2) is 5.78 Å². The first kappa shape index (κ1) is 21.8. The lowest BCUT2D eigenvalue weighted by Gasteiger charge is -2.09. The number of amides is 1. The summed E-state index contributed by atoms with van der Waals surface area (Å²) in [6.07, 6.45) is 3.22. The van der Waals surface area contributed by atoms with E-state index in [4.69, 9.17) is 23.2 Å². The summed E-state index contributed by atoms with van der Waals surface area (Å²) in [5, 5.41) is 8.17. The fourth-order valence-corrected chi connectivity index (χ4v) is 3.81. The molecule has 4 rings (SSSR count). The SMILES string of the molecule is Cc1ccc(C(=O)c2ccccc2C(=O)Nc2cnn(Cc3c(Cl)cccc3Cl)c2)cc1. The molecule has 0 bridgehead atoms. The van der Waals surface area contributed by atoms with Crippen LogP contribution < -0.4 is 5.32 Å². The highest BCUT2D eigenvalue weighted by molar-refractivity contribution is 6.36. The Bertz CT molecular complexity index is 1280. The molecule has 0 saturated heterocycles. The van der Waals surface area contributed by atoms with Crippen LogP contribution in [0.5, 0.6) is 0 Å². The molecule has 0 spiro atoms. The number of halogens is 2. The third-order valence-corrected chi connectivity index (χ3v) is 5.71. The standard InChI is InChI=1S/C25H19Cl2N3O2/c1-16-9-11-17(12-10-16)24(31)19-5-2-3-6-20(19)25(32)29-18-13-28-30(14-18)15-21-22(26)7-4-8-23(21)27/h2-14H,15H2,1H3,(H,29,32). The van der Waals surface area contributed by atoms with E-state index in [2.05, 4.69) is 10.4 Å². The van der Waals surface area contributed by atoms with Gasteiger partial charge in [0, 0.05) is 32.9 Å². The van der Waals surface area contributed by atoms with Gasteiger partial charge in [0.25, 0.3) is 5.91 Å². The highest BCUT2D eigenvalue weighted by Gasteiger charge is 2.18. The molecule has 0 atom stereocenters. The summed E-state index contributed by atoms with van der Waals surface area (Å²) < 4.78 is 1.63. The minimum atomic E-state index is -0.392. The Balaban J connectivity index is 1.53. The number of carbonyl (C=O) groups is 2. The van der Waals surface area contributed by atoms with E-state index in [1.54, 1.807) is 65.5 Å². The van der Waals surface area contributed by atoms with E-state index in [1.807, 2.05) is 19.1 Å². The number of carbonyl (C=O) groups excluding carboxylic acids is 2. The molecule has 1 aromatic heterocycles. The number of anilines is 1. The molecule has 5 nitrogen and oxygen atoms in total. The van der Waals surface area contributed by atoms with Crippen LogP contribution in [0.3, 0.4) is 0 Å². The van der Waals surface area contributed by atoms with Gasteiger partial charge >= 0.3 is 0 Å². The minimum absolute atomic E-state index is 0.209. The average molecular weight is 464 g/mol. The Labute approximate surface area is 195 Å². The second-order valence-electron chi connectivity index (χ2n) is 7.32. The first-order valence-electron chi connectivity index (χ1n) is 9.89. The number of hydrogen-bond acceptors (Lipinski definition) is 3. The molecular formula is C25H19Cl2N3O2. The van der Waals surface area contributed by atoms with E-state index >= 15 is 0 Å². The average Bonchev–Trinajstić information content (AvgIpc) is 3.23. The summed E-state index contributed by atoms with van der Waals surface area (Å²) in [5.74, 6) is -0.601. The zero-order chi connectivity index (χ0) is 22.7. The van der Waals surface area contributed by atoms with Crippen molar-refractivity contribution in [2.24, 2.45) is 0 Å². The Morgan fingerprint density at radius 1 is 0.906 bits per heavy atom. The van der Waals surface area contributed by atoms with Gasteiger partial charge in [-0.15, -0.1) is 0 Å². The van der Waals surface area contributed by atoms with Gasteiger partial charge in [-0.2, -0.15) is 5.10 Å².